The SMILES string of the molecule is NC(=C\C=O)/N=C\CCNC1=CC=C(C=O)CC1. The van der Waals surface area contributed by atoms with Crippen molar-refractivity contribution in [3.05, 3.63) is 35.3 Å². The van der Waals surface area contributed by atoms with Crippen LogP contribution in [0.2, 0.25) is 0 Å². The summed E-state index contributed by atoms with van der Waals surface area (Å²) < 4.78 is 0. The molecule has 5 heteroatoms. The van der Waals surface area contributed by atoms with E-state index in [0.717, 1.165) is 43.4 Å². The predicted octanol–water partition coefficient (Wildman–Crippen LogP) is 0.839. The van der Waals surface area contributed by atoms with Gasteiger partial charge in [-0.05, 0) is 24.5 Å². The van der Waals surface area contributed by atoms with Gasteiger partial charge in [0.1, 0.15) is 18.4 Å². The first kappa shape index (κ1) is 13.9. The fourth-order valence-electron chi connectivity index (χ4n) is 1.48. The lowest BCUT2D eigenvalue weighted by atomic mass is 10.0. The molecule has 3 N–H and O–H groups in total. The molecule has 1 aliphatic rings. The third-order valence-electron chi connectivity index (χ3n) is 2.44. The number of carbonyl (C=O) groups excluding carboxylic acids is 2. The van der Waals surface area contributed by atoms with Gasteiger partial charge in [0.2, 0.25) is 0 Å². The number of aldehydes is 2. The van der Waals surface area contributed by atoms with E-state index in [4.69, 9.17) is 5.73 Å². The van der Waals surface area contributed by atoms with E-state index in [0.29, 0.717) is 6.29 Å². The fraction of sp³-hybridized carbons (Fsp3) is 0.308. The largest absolute Gasteiger partial charge is 0.388 e. The molecular formula is C13H17N3O2. The van der Waals surface area contributed by atoms with Crippen LogP contribution in [0.1, 0.15) is 19.3 Å². The van der Waals surface area contributed by atoms with Gasteiger partial charge in [0, 0.05) is 31.0 Å². The van der Waals surface area contributed by atoms with Gasteiger partial charge in [-0.15, -0.1) is 0 Å². The Bertz CT molecular complexity index is 420. The molecule has 1 aliphatic carbocycles. The molecule has 0 amide bonds. The molecule has 0 aliphatic heterocycles. The van der Waals surface area contributed by atoms with Crippen LogP contribution in [0, 0.1) is 0 Å². The highest BCUT2D eigenvalue weighted by Gasteiger charge is 2.04. The Hall–Kier alpha value is -2.17. The van der Waals surface area contributed by atoms with Gasteiger partial charge >= 0.3 is 0 Å². The van der Waals surface area contributed by atoms with Crippen LogP contribution < -0.4 is 11.1 Å². The van der Waals surface area contributed by atoms with Crippen LogP contribution in [0.15, 0.2) is 40.3 Å². The maximum absolute atomic E-state index is 10.5. The van der Waals surface area contributed by atoms with Crippen LogP contribution in [-0.2, 0) is 9.59 Å². The number of nitrogens with two attached hydrogens (primary N) is 1. The minimum atomic E-state index is 0.209. The normalized spacial score (nSPS) is 16.1. The zero-order chi connectivity index (χ0) is 13.2. The van der Waals surface area contributed by atoms with Gasteiger partial charge in [0.05, 0.1) is 0 Å². The van der Waals surface area contributed by atoms with Crippen molar-refractivity contribution in [2.45, 2.75) is 19.3 Å². The molecule has 0 aromatic heterocycles. The van der Waals surface area contributed by atoms with Crippen LogP contribution in [0.5, 0.6) is 0 Å². The number of carbonyl (C=O) groups is 2. The molecule has 0 aromatic rings. The molecule has 0 saturated heterocycles. The molecule has 0 radical (unpaired) electrons. The molecule has 0 bridgehead atoms. The number of nitrogens with one attached hydrogen (secondary N) is 1. The number of allylic oxidation sites excluding steroid dienone is 5. The molecule has 96 valence electrons. The van der Waals surface area contributed by atoms with Gasteiger partial charge < -0.3 is 11.1 Å². The van der Waals surface area contributed by atoms with E-state index in [1.54, 1.807) is 6.21 Å². The summed E-state index contributed by atoms with van der Waals surface area (Å²) >= 11 is 0. The minimum Gasteiger partial charge on any atom is -0.388 e. The summed E-state index contributed by atoms with van der Waals surface area (Å²) in [7, 11) is 0. The van der Waals surface area contributed by atoms with Crippen molar-refractivity contribution < 1.29 is 9.59 Å². The highest BCUT2D eigenvalue weighted by Crippen LogP contribution is 2.14. The Kier molecular flexibility index (Phi) is 6.17. The molecule has 0 saturated carbocycles. The first-order valence-corrected chi connectivity index (χ1v) is 5.78. The maximum atomic E-state index is 10.5. The molecule has 0 spiro atoms. The zero-order valence-electron chi connectivity index (χ0n) is 10.1. The van der Waals surface area contributed by atoms with Crippen molar-refractivity contribution in [3.63, 3.8) is 0 Å². The first-order chi connectivity index (χ1) is 8.76. The molecule has 0 atom stereocenters. The Morgan fingerprint density at radius 2 is 2.22 bits per heavy atom. The second-order valence-corrected chi connectivity index (χ2v) is 3.81. The average Bonchev–Trinajstić information content (AvgIpc) is 2.39. The summed E-state index contributed by atoms with van der Waals surface area (Å²) in [6.45, 7) is 0.744. The highest BCUT2D eigenvalue weighted by atomic mass is 16.1. The second-order valence-electron chi connectivity index (χ2n) is 3.81. The lowest BCUT2D eigenvalue weighted by molar-refractivity contribution is -0.105. The molecule has 0 heterocycles. The smallest absolute Gasteiger partial charge is 0.146 e. The van der Waals surface area contributed by atoms with Crippen LogP contribution in [0.25, 0.3) is 0 Å². The van der Waals surface area contributed by atoms with Crippen LogP contribution in [0.4, 0.5) is 0 Å². The molecule has 1 rings (SSSR count). The van der Waals surface area contributed by atoms with Crippen LogP contribution >= 0.6 is 0 Å². The van der Waals surface area contributed by atoms with E-state index >= 15 is 0 Å². The van der Waals surface area contributed by atoms with E-state index in [-0.39, 0.29) is 5.82 Å². The van der Waals surface area contributed by atoms with Crippen molar-refractivity contribution in [3.8, 4) is 0 Å². The van der Waals surface area contributed by atoms with Gasteiger partial charge in [0.15, 0.2) is 0 Å². The van der Waals surface area contributed by atoms with E-state index in [2.05, 4.69) is 10.3 Å². The zero-order valence-corrected chi connectivity index (χ0v) is 10.1. The van der Waals surface area contributed by atoms with Gasteiger partial charge in [0.25, 0.3) is 0 Å². The number of aliphatic imine (C=N–C) groups is 1. The van der Waals surface area contributed by atoms with Crippen LogP contribution in [-0.4, -0.2) is 25.3 Å². The Balaban J connectivity index is 2.25. The van der Waals surface area contributed by atoms with Crippen molar-refractivity contribution in [1.82, 2.24) is 5.32 Å². The second kappa shape index (κ2) is 8.00. The summed E-state index contributed by atoms with van der Waals surface area (Å²) in [5, 5.41) is 3.25. The number of hydrogen-bond donors (Lipinski definition) is 2. The highest BCUT2D eigenvalue weighted by molar-refractivity contribution is 5.74. The van der Waals surface area contributed by atoms with Gasteiger partial charge in [-0.2, -0.15) is 0 Å². The summed E-state index contributed by atoms with van der Waals surface area (Å²) in [4.78, 5) is 24.5. The van der Waals surface area contributed by atoms with E-state index in [1.807, 2.05) is 12.2 Å². The maximum Gasteiger partial charge on any atom is 0.146 e. The van der Waals surface area contributed by atoms with E-state index in [9.17, 15) is 9.59 Å². The lowest BCUT2D eigenvalue weighted by Gasteiger charge is -2.12. The quantitative estimate of drug-likeness (QED) is 0.302. The minimum absolute atomic E-state index is 0.209. The molecule has 5 nitrogen and oxygen atoms in total. The van der Waals surface area contributed by atoms with Gasteiger partial charge in [-0.1, -0.05) is 6.08 Å². The average molecular weight is 247 g/mol. The van der Waals surface area contributed by atoms with Crippen molar-refractivity contribution in [2.75, 3.05) is 6.54 Å². The summed E-state index contributed by atoms with van der Waals surface area (Å²) in [5.41, 5.74) is 7.34. The molecule has 0 fully saturated rings. The van der Waals surface area contributed by atoms with E-state index in [1.165, 1.54) is 6.08 Å². The molecule has 0 unspecified atom stereocenters. The Labute approximate surface area is 106 Å². The summed E-state index contributed by atoms with van der Waals surface area (Å²) in [6.07, 6.45) is 10.5. The Morgan fingerprint density at radius 1 is 1.39 bits per heavy atom. The lowest BCUT2D eigenvalue weighted by Crippen LogP contribution is -2.16. The predicted molar refractivity (Wildman–Crippen MR) is 70.9 cm³/mol. The third-order valence-corrected chi connectivity index (χ3v) is 2.44. The fourth-order valence-corrected chi connectivity index (χ4v) is 1.48. The number of rotatable bonds is 7. The van der Waals surface area contributed by atoms with E-state index < -0.39 is 0 Å². The number of hydrogen-bond acceptors (Lipinski definition) is 5. The molecule has 0 aromatic carbocycles. The topological polar surface area (TPSA) is 84.6 Å². The van der Waals surface area contributed by atoms with Crippen molar-refractivity contribution in [1.29, 1.82) is 0 Å². The van der Waals surface area contributed by atoms with Crippen molar-refractivity contribution in [2.24, 2.45) is 10.7 Å². The molecule has 18 heavy (non-hydrogen) atoms. The first-order valence-electron chi connectivity index (χ1n) is 5.78. The van der Waals surface area contributed by atoms with Gasteiger partial charge in [-0.25, -0.2) is 4.99 Å². The Morgan fingerprint density at radius 3 is 2.83 bits per heavy atom. The third kappa shape index (κ3) is 5.25. The van der Waals surface area contributed by atoms with Crippen molar-refractivity contribution >= 4 is 18.8 Å². The number of nitrogens with zero attached hydrogens (tertiary/aromatic N) is 1. The summed E-state index contributed by atoms with van der Waals surface area (Å²) in [5.74, 6) is 0.209. The molecular weight excluding hydrogens is 230 g/mol. The standard InChI is InChI=1S/C13H17N3O2/c14-13(6-9-17)16-8-1-7-15-12-4-2-11(10-18)3-5-12/h2,4,6,8-10,15H,1,3,5,7,14H2/b13-6+,16-8-. The van der Waals surface area contributed by atoms with Gasteiger partial charge in [-0.3, -0.25) is 9.59 Å². The van der Waals surface area contributed by atoms with Crippen LogP contribution in [0.3, 0.4) is 0 Å². The summed E-state index contributed by atoms with van der Waals surface area (Å²) in [6, 6.07) is 0. The monoisotopic (exact) mass is 247 g/mol.